The Hall–Kier alpha value is -1.91. The fourth-order valence-electron chi connectivity index (χ4n) is 3.94. The van der Waals surface area contributed by atoms with E-state index in [9.17, 15) is 4.79 Å². The molecular formula is C20H21NO2S. The molecule has 0 spiro atoms. The van der Waals surface area contributed by atoms with Gasteiger partial charge >= 0.3 is 0 Å². The van der Waals surface area contributed by atoms with Gasteiger partial charge in [-0.1, -0.05) is 36.4 Å². The number of amides is 1. The zero-order valence-corrected chi connectivity index (χ0v) is 14.3. The molecule has 24 heavy (non-hydrogen) atoms. The smallest absolute Gasteiger partial charge is 0.246 e. The van der Waals surface area contributed by atoms with Gasteiger partial charge in [0.1, 0.15) is 0 Å². The molecule has 124 valence electrons. The lowest BCUT2D eigenvalue weighted by molar-refractivity contribution is -0.128. The van der Waals surface area contributed by atoms with Gasteiger partial charge in [-0.05, 0) is 29.5 Å². The van der Waals surface area contributed by atoms with Crippen molar-refractivity contribution in [2.75, 3.05) is 19.8 Å². The van der Waals surface area contributed by atoms with Gasteiger partial charge in [-0.2, -0.15) is 0 Å². The predicted octanol–water partition coefficient (Wildman–Crippen LogP) is 3.79. The van der Waals surface area contributed by atoms with Gasteiger partial charge in [-0.25, -0.2) is 0 Å². The first-order valence-electron chi connectivity index (χ1n) is 8.48. The third-order valence-corrected chi connectivity index (χ3v) is 5.95. The first-order valence-corrected chi connectivity index (χ1v) is 9.36. The van der Waals surface area contributed by atoms with E-state index in [1.54, 1.807) is 17.4 Å². The molecule has 1 amide bonds. The number of hydrogen-bond acceptors (Lipinski definition) is 3. The van der Waals surface area contributed by atoms with Crippen LogP contribution in [0.5, 0.6) is 0 Å². The first kappa shape index (κ1) is 15.6. The van der Waals surface area contributed by atoms with Crippen molar-refractivity contribution in [3.63, 3.8) is 0 Å². The van der Waals surface area contributed by atoms with Crippen molar-refractivity contribution in [1.29, 1.82) is 0 Å². The third-order valence-electron chi connectivity index (χ3n) is 5.12. The Morgan fingerprint density at radius 1 is 1.21 bits per heavy atom. The van der Waals surface area contributed by atoms with Crippen molar-refractivity contribution < 1.29 is 9.53 Å². The maximum atomic E-state index is 12.8. The molecule has 3 heterocycles. The second kappa shape index (κ2) is 6.91. The van der Waals surface area contributed by atoms with Crippen LogP contribution in [0.1, 0.15) is 22.8 Å². The maximum absolute atomic E-state index is 12.8. The van der Waals surface area contributed by atoms with Crippen molar-refractivity contribution >= 4 is 23.3 Å². The number of likely N-dealkylation sites (tertiary alicyclic amines) is 1. The number of ether oxygens (including phenoxy) is 1. The summed E-state index contributed by atoms with van der Waals surface area (Å²) in [5.41, 5.74) is 1.32. The minimum absolute atomic E-state index is 0.124. The number of rotatable bonds is 3. The van der Waals surface area contributed by atoms with Crippen LogP contribution < -0.4 is 0 Å². The molecule has 2 aromatic rings. The van der Waals surface area contributed by atoms with E-state index in [2.05, 4.69) is 29.2 Å². The van der Waals surface area contributed by atoms with E-state index in [-0.39, 0.29) is 5.91 Å². The number of hydrogen-bond donors (Lipinski definition) is 0. The molecule has 4 rings (SSSR count). The molecule has 1 aromatic carbocycles. The van der Waals surface area contributed by atoms with Crippen LogP contribution in [0.4, 0.5) is 0 Å². The number of fused-ring (bicyclic) bond motifs is 1. The average molecular weight is 339 g/mol. The molecule has 0 bridgehead atoms. The van der Waals surface area contributed by atoms with Gasteiger partial charge in [0, 0.05) is 42.0 Å². The van der Waals surface area contributed by atoms with Crippen molar-refractivity contribution in [3.05, 3.63) is 64.4 Å². The summed E-state index contributed by atoms with van der Waals surface area (Å²) in [7, 11) is 0. The summed E-state index contributed by atoms with van der Waals surface area (Å²) in [6.45, 7) is 2.29. The fourth-order valence-corrected chi connectivity index (χ4v) is 4.56. The number of benzene rings is 1. The quantitative estimate of drug-likeness (QED) is 0.796. The van der Waals surface area contributed by atoms with E-state index < -0.39 is 0 Å². The minimum atomic E-state index is 0.124. The number of carbonyl (C=O) groups is 1. The Labute approximate surface area is 146 Å². The van der Waals surface area contributed by atoms with Crippen molar-refractivity contribution in [3.8, 4) is 0 Å². The zero-order chi connectivity index (χ0) is 16.4. The Bertz CT molecular complexity index is 711. The highest BCUT2D eigenvalue weighted by Gasteiger charge is 2.45. The molecule has 2 fully saturated rings. The monoisotopic (exact) mass is 339 g/mol. The highest BCUT2D eigenvalue weighted by Crippen LogP contribution is 2.40. The van der Waals surface area contributed by atoms with Gasteiger partial charge in [-0.3, -0.25) is 4.79 Å². The summed E-state index contributed by atoms with van der Waals surface area (Å²) < 4.78 is 5.73. The number of carbonyl (C=O) groups excluding carboxylic acids is 1. The van der Waals surface area contributed by atoms with Crippen LogP contribution in [0.3, 0.4) is 0 Å². The van der Waals surface area contributed by atoms with Crippen molar-refractivity contribution in [1.82, 2.24) is 4.90 Å². The lowest BCUT2D eigenvalue weighted by Crippen LogP contribution is -2.41. The molecule has 2 saturated heterocycles. The molecule has 0 N–H and O–H groups in total. The molecule has 0 radical (unpaired) electrons. The van der Waals surface area contributed by atoms with E-state index in [1.165, 1.54) is 5.56 Å². The van der Waals surface area contributed by atoms with Crippen LogP contribution >= 0.6 is 11.3 Å². The number of nitrogens with zero attached hydrogens (tertiary/aromatic N) is 1. The zero-order valence-electron chi connectivity index (χ0n) is 13.5. The summed E-state index contributed by atoms with van der Waals surface area (Å²) in [6, 6.07) is 14.9. The van der Waals surface area contributed by atoms with Crippen LogP contribution in [0.25, 0.3) is 6.08 Å². The van der Waals surface area contributed by atoms with E-state index in [4.69, 9.17) is 4.74 Å². The molecule has 0 saturated carbocycles. The summed E-state index contributed by atoms with van der Waals surface area (Å²) in [6.07, 6.45) is 4.59. The Morgan fingerprint density at radius 3 is 2.88 bits per heavy atom. The van der Waals surface area contributed by atoms with Crippen molar-refractivity contribution in [2.45, 2.75) is 18.4 Å². The largest absolute Gasteiger partial charge is 0.381 e. The molecule has 1 aromatic heterocycles. The molecule has 3 nitrogen and oxygen atoms in total. The van der Waals surface area contributed by atoms with Crippen LogP contribution in [0.15, 0.2) is 53.9 Å². The second-order valence-electron chi connectivity index (χ2n) is 6.45. The average Bonchev–Trinajstić information content (AvgIpc) is 3.28. The molecule has 2 aliphatic rings. The van der Waals surface area contributed by atoms with E-state index in [0.717, 1.165) is 31.1 Å². The molecule has 2 aliphatic heterocycles. The second-order valence-corrected chi connectivity index (χ2v) is 7.43. The van der Waals surface area contributed by atoms with Gasteiger partial charge in [0.25, 0.3) is 0 Å². The minimum Gasteiger partial charge on any atom is -0.381 e. The summed E-state index contributed by atoms with van der Waals surface area (Å²) in [5, 5.41) is 2.03. The normalized spacial score (nSPS) is 26.7. The lowest BCUT2D eigenvalue weighted by atomic mass is 9.84. The molecule has 4 heteroatoms. The van der Waals surface area contributed by atoms with Gasteiger partial charge < -0.3 is 9.64 Å². The first-order chi connectivity index (χ1) is 11.8. The Kier molecular flexibility index (Phi) is 4.50. The van der Waals surface area contributed by atoms with Gasteiger partial charge in [-0.15, -0.1) is 11.3 Å². The Balaban J connectivity index is 1.55. The van der Waals surface area contributed by atoms with Gasteiger partial charge in [0.05, 0.1) is 6.61 Å². The summed E-state index contributed by atoms with van der Waals surface area (Å²) in [5.74, 6) is 0.898. The molecular weight excluding hydrogens is 318 g/mol. The predicted molar refractivity (Wildman–Crippen MR) is 97.0 cm³/mol. The number of thiophene rings is 1. The third kappa shape index (κ3) is 3.04. The van der Waals surface area contributed by atoms with Crippen LogP contribution in [0.2, 0.25) is 0 Å². The topological polar surface area (TPSA) is 29.5 Å². The summed E-state index contributed by atoms with van der Waals surface area (Å²) >= 11 is 1.65. The fraction of sp³-hybridized carbons (Fsp3) is 0.350. The van der Waals surface area contributed by atoms with Crippen LogP contribution in [-0.2, 0) is 9.53 Å². The molecule has 0 aliphatic carbocycles. The van der Waals surface area contributed by atoms with Crippen molar-refractivity contribution in [2.24, 2.45) is 5.92 Å². The summed E-state index contributed by atoms with van der Waals surface area (Å²) in [4.78, 5) is 16.0. The highest BCUT2D eigenvalue weighted by atomic mass is 32.1. The van der Waals surface area contributed by atoms with E-state index in [1.807, 2.05) is 29.7 Å². The van der Waals surface area contributed by atoms with E-state index >= 15 is 0 Å². The lowest BCUT2D eigenvalue weighted by Gasteiger charge is -2.32. The SMILES string of the molecule is O=C(/C=C/c1cccs1)N1C[C@H](c2ccccc2)[C@H]2COCC[C@H]21. The van der Waals surface area contributed by atoms with Gasteiger partial charge in [0.15, 0.2) is 0 Å². The Morgan fingerprint density at radius 2 is 2.08 bits per heavy atom. The van der Waals surface area contributed by atoms with E-state index in [0.29, 0.717) is 17.9 Å². The maximum Gasteiger partial charge on any atom is 0.246 e. The standard InChI is InChI=1S/C20H21NO2S/c22-20(9-8-16-7-4-12-24-16)21-13-17(15-5-2-1-3-6-15)18-14-23-11-10-19(18)21/h1-9,12,17-19H,10-11,13-14H2/b9-8+/t17-,18-,19-/m1/s1. The van der Waals surface area contributed by atoms with Gasteiger partial charge in [0.2, 0.25) is 5.91 Å². The van der Waals surface area contributed by atoms with Crippen LogP contribution in [-0.4, -0.2) is 36.6 Å². The highest BCUT2D eigenvalue weighted by molar-refractivity contribution is 7.10. The molecule has 0 unspecified atom stereocenters. The van der Waals surface area contributed by atoms with Crippen LogP contribution in [0, 0.1) is 5.92 Å². The molecule has 3 atom stereocenters.